The largest absolute Gasteiger partial charge is 0.490 e. The third-order valence-electron chi connectivity index (χ3n) is 5.16. The van der Waals surface area contributed by atoms with Gasteiger partial charge in [0.05, 0.1) is 17.3 Å². The summed E-state index contributed by atoms with van der Waals surface area (Å²) in [6, 6.07) is 12.4. The first-order valence-corrected chi connectivity index (χ1v) is 11.3. The van der Waals surface area contributed by atoms with E-state index in [1.54, 1.807) is 60.2 Å². The first-order chi connectivity index (χ1) is 16.2. The number of barbiturate groups is 1. The van der Waals surface area contributed by atoms with E-state index in [0.717, 1.165) is 10.5 Å². The summed E-state index contributed by atoms with van der Waals surface area (Å²) < 4.78 is 7.52. The van der Waals surface area contributed by atoms with Gasteiger partial charge in [-0.3, -0.25) is 14.9 Å². The molecule has 0 radical (unpaired) electrons. The minimum atomic E-state index is -0.837. The van der Waals surface area contributed by atoms with Crippen molar-refractivity contribution in [3.63, 3.8) is 0 Å². The number of rotatable bonds is 6. The van der Waals surface area contributed by atoms with Gasteiger partial charge in [-0.05, 0) is 61.0 Å². The van der Waals surface area contributed by atoms with E-state index in [-0.39, 0.29) is 17.9 Å². The summed E-state index contributed by atoms with van der Waals surface area (Å²) in [5.74, 6) is -1.03. The summed E-state index contributed by atoms with van der Waals surface area (Å²) in [5.41, 5.74) is 1.46. The molecule has 1 saturated heterocycles. The molecule has 1 fully saturated rings. The number of imide groups is 2. The Bertz CT molecular complexity index is 1330. The van der Waals surface area contributed by atoms with Crippen molar-refractivity contribution in [1.82, 2.24) is 9.88 Å². The molecule has 4 amide bonds. The molecule has 2 aromatic carbocycles. The van der Waals surface area contributed by atoms with Gasteiger partial charge in [0.1, 0.15) is 17.9 Å². The number of aryl methyl sites for hydroxylation is 1. The number of anilines is 1. The number of halogens is 3. The lowest BCUT2D eigenvalue weighted by Crippen LogP contribution is -2.54. The number of hydrogen-bond donors (Lipinski definition) is 1. The summed E-state index contributed by atoms with van der Waals surface area (Å²) in [4.78, 5) is 38.9. The van der Waals surface area contributed by atoms with Crippen LogP contribution in [0, 0.1) is 6.92 Å². The fourth-order valence-corrected chi connectivity index (χ4v) is 4.01. The van der Waals surface area contributed by atoms with Gasteiger partial charge in [-0.1, -0.05) is 40.9 Å². The lowest BCUT2D eigenvalue weighted by atomic mass is 10.1. The molecule has 0 unspecified atom stereocenters. The number of hydrogen-bond acceptors (Lipinski definition) is 4. The Kier molecular flexibility index (Phi) is 6.97. The van der Waals surface area contributed by atoms with E-state index in [9.17, 15) is 14.4 Å². The molecule has 2 heterocycles. The second kappa shape index (κ2) is 9.93. The number of carbonyl (C=O) groups is 3. The highest BCUT2D eigenvalue weighted by Gasteiger charge is 2.37. The Balaban J connectivity index is 1.54. The molecule has 0 aliphatic carbocycles. The van der Waals surface area contributed by atoms with Crippen LogP contribution in [0.4, 0.5) is 10.5 Å². The zero-order valence-corrected chi connectivity index (χ0v) is 20.1. The van der Waals surface area contributed by atoms with Gasteiger partial charge in [-0.15, -0.1) is 0 Å². The van der Waals surface area contributed by atoms with E-state index in [1.165, 1.54) is 12.1 Å². The Morgan fingerprint density at radius 3 is 2.53 bits per heavy atom. The molecule has 1 N–H and O–H groups in total. The molecule has 0 bridgehead atoms. The molecule has 10 heteroatoms. The van der Waals surface area contributed by atoms with E-state index in [2.05, 4.69) is 5.32 Å². The van der Waals surface area contributed by atoms with Gasteiger partial charge in [0.2, 0.25) is 0 Å². The van der Waals surface area contributed by atoms with Gasteiger partial charge >= 0.3 is 6.03 Å². The zero-order valence-electron chi connectivity index (χ0n) is 17.8. The van der Waals surface area contributed by atoms with Gasteiger partial charge in [0.25, 0.3) is 11.8 Å². The summed E-state index contributed by atoms with van der Waals surface area (Å²) in [6.45, 7) is 2.49. The number of nitrogens with zero attached hydrogens (tertiary/aromatic N) is 2. The number of urea groups is 1. The van der Waals surface area contributed by atoms with Crippen molar-refractivity contribution in [1.29, 1.82) is 0 Å². The molecule has 0 saturated carbocycles. The molecule has 1 aromatic heterocycles. The first-order valence-electron chi connectivity index (χ1n) is 10.1. The number of amides is 4. The normalized spacial score (nSPS) is 15.1. The van der Waals surface area contributed by atoms with Crippen LogP contribution in [-0.2, 0) is 16.1 Å². The molecular formula is C24H18Cl3N3O4. The highest BCUT2D eigenvalue weighted by molar-refractivity contribution is 6.39. The lowest BCUT2D eigenvalue weighted by molar-refractivity contribution is -0.122. The van der Waals surface area contributed by atoms with Gasteiger partial charge in [0.15, 0.2) is 0 Å². The molecule has 34 heavy (non-hydrogen) atoms. The number of carbonyl (C=O) groups excluding carboxylic acids is 3. The van der Waals surface area contributed by atoms with Crippen molar-refractivity contribution < 1.29 is 19.1 Å². The summed E-state index contributed by atoms with van der Waals surface area (Å²) in [6.07, 6.45) is 3.22. The lowest BCUT2D eigenvalue weighted by Gasteiger charge is -2.26. The topological polar surface area (TPSA) is 80.6 Å². The monoisotopic (exact) mass is 517 g/mol. The highest BCUT2D eigenvalue weighted by atomic mass is 35.5. The van der Waals surface area contributed by atoms with Crippen LogP contribution in [0.1, 0.15) is 11.3 Å². The Hall–Kier alpha value is -3.26. The van der Waals surface area contributed by atoms with Crippen molar-refractivity contribution >= 4 is 64.4 Å². The number of aromatic nitrogens is 1. The van der Waals surface area contributed by atoms with Crippen molar-refractivity contribution in [2.24, 2.45) is 0 Å². The maximum atomic E-state index is 13.1. The van der Waals surface area contributed by atoms with Gasteiger partial charge in [0, 0.05) is 21.9 Å². The summed E-state index contributed by atoms with van der Waals surface area (Å²) in [7, 11) is 0. The first kappa shape index (κ1) is 23.9. The molecule has 4 rings (SSSR count). The van der Waals surface area contributed by atoms with E-state index in [1.807, 2.05) is 0 Å². The number of ether oxygens (including phenoxy) is 1. The van der Waals surface area contributed by atoms with Crippen LogP contribution in [-0.4, -0.2) is 29.0 Å². The van der Waals surface area contributed by atoms with Crippen LogP contribution in [0.3, 0.4) is 0 Å². The molecule has 174 valence electrons. The minimum absolute atomic E-state index is 0.182. The Morgan fingerprint density at radius 1 is 1.00 bits per heavy atom. The zero-order chi connectivity index (χ0) is 24.4. The third-order valence-corrected chi connectivity index (χ3v) is 6.09. The summed E-state index contributed by atoms with van der Waals surface area (Å²) >= 11 is 18.2. The van der Waals surface area contributed by atoms with E-state index in [0.29, 0.717) is 33.1 Å². The van der Waals surface area contributed by atoms with Gasteiger partial charge in [-0.25, -0.2) is 9.69 Å². The van der Waals surface area contributed by atoms with Gasteiger partial charge in [-0.2, -0.15) is 0 Å². The van der Waals surface area contributed by atoms with Crippen molar-refractivity contribution in [3.8, 4) is 5.75 Å². The SMILES string of the molecule is Cc1ccc(N2C(=O)NC(=O)/C(=C/c3cccn3CCOc3ccc(Cl)cc3Cl)C2=O)cc1Cl. The fraction of sp³-hybridized carbons (Fsp3) is 0.125. The standard InChI is InChI=1S/C24H18Cl3N3O4/c1-14-4-6-17(13-19(14)26)30-23(32)18(22(31)28-24(30)33)12-16-3-2-8-29(16)9-10-34-21-7-5-15(25)11-20(21)27/h2-8,11-13H,9-10H2,1H3,(H,28,31,33)/b18-12-. The summed E-state index contributed by atoms with van der Waals surface area (Å²) in [5, 5.41) is 3.51. The Labute approximate surface area is 210 Å². The quantitative estimate of drug-likeness (QED) is 0.345. The van der Waals surface area contributed by atoms with Crippen molar-refractivity contribution in [2.45, 2.75) is 13.5 Å². The number of benzene rings is 2. The van der Waals surface area contributed by atoms with Gasteiger partial charge < -0.3 is 9.30 Å². The predicted octanol–water partition coefficient (Wildman–Crippen LogP) is 5.50. The van der Waals surface area contributed by atoms with Crippen LogP contribution in [0.25, 0.3) is 6.08 Å². The number of nitrogens with one attached hydrogen (secondary N) is 1. The van der Waals surface area contributed by atoms with Crippen LogP contribution >= 0.6 is 34.8 Å². The van der Waals surface area contributed by atoms with Crippen LogP contribution in [0.5, 0.6) is 5.75 Å². The van der Waals surface area contributed by atoms with E-state index in [4.69, 9.17) is 39.5 Å². The van der Waals surface area contributed by atoms with E-state index < -0.39 is 17.8 Å². The smallest absolute Gasteiger partial charge is 0.335 e. The molecule has 3 aromatic rings. The van der Waals surface area contributed by atoms with Crippen LogP contribution in [0.2, 0.25) is 15.1 Å². The maximum absolute atomic E-state index is 13.1. The molecule has 1 aliphatic heterocycles. The van der Waals surface area contributed by atoms with E-state index >= 15 is 0 Å². The average Bonchev–Trinajstić information content (AvgIpc) is 3.22. The molecule has 7 nitrogen and oxygen atoms in total. The maximum Gasteiger partial charge on any atom is 0.335 e. The van der Waals surface area contributed by atoms with Crippen LogP contribution in [0.15, 0.2) is 60.3 Å². The minimum Gasteiger partial charge on any atom is -0.490 e. The Morgan fingerprint density at radius 2 is 1.79 bits per heavy atom. The molecule has 0 spiro atoms. The van der Waals surface area contributed by atoms with Crippen molar-refractivity contribution in [2.75, 3.05) is 11.5 Å². The molecule has 1 aliphatic rings. The second-order valence-corrected chi connectivity index (χ2v) is 8.69. The highest BCUT2D eigenvalue weighted by Crippen LogP contribution is 2.28. The second-order valence-electron chi connectivity index (χ2n) is 7.44. The molecular weight excluding hydrogens is 501 g/mol. The molecule has 0 atom stereocenters. The third kappa shape index (κ3) is 4.97. The van der Waals surface area contributed by atoms with Crippen molar-refractivity contribution in [3.05, 3.63) is 86.6 Å². The fourth-order valence-electron chi connectivity index (χ4n) is 3.37. The predicted molar refractivity (Wildman–Crippen MR) is 132 cm³/mol. The van der Waals surface area contributed by atoms with Crippen LogP contribution < -0.4 is 15.0 Å². The average molecular weight is 519 g/mol.